The largest absolute Gasteiger partial charge is 0.340 e. The summed E-state index contributed by atoms with van der Waals surface area (Å²) in [5.74, 6) is -1.94. The van der Waals surface area contributed by atoms with Crippen molar-refractivity contribution in [3.8, 4) is 0 Å². The van der Waals surface area contributed by atoms with E-state index in [2.05, 4.69) is 21.2 Å². The molecule has 0 aliphatic carbocycles. The monoisotopic (exact) mass is 406 g/mol. The van der Waals surface area contributed by atoms with E-state index in [-0.39, 0.29) is 36.1 Å². The van der Waals surface area contributed by atoms with Crippen molar-refractivity contribution in [3.63, 3.8) is 0 Å². The molecule has 0 bridgehead atoms. The van der Waals surface area contributed by atoms with E-state index < -0.39 is 27.6 Å². The van der Waals surface area contributed by atoms with Crippen LogP contribution in [0, 0.1) is 5.82 Å². The van der Waals surface area contributed by atoms with E-state index in [4.69, 9.17) is 0 Å². The number of sulfone groups is 1. The van der Waals surface area contributed by atoms with Gasteiger partial charge in [-0.15, -0.1) is 0 Å². The third-order valence-electron chi connectivity index (χ3n) is 3.55. The second kappa shape index (κ2) is 6.96. The first-order valence-electron chi connectivity index (χ1n) is 6.95. The van der Waals surface area contributed by atoms with Gasteiger partial charge in [0.05, 0.1) is 17.1 Å². The van der Waals surface area contributed by atoms with Crippen molar-refractivity contribution in [2.45, 2.75) is 13.0 Å². The molecule has 1 unspecified atom stereocenters. The molecule has 2 amide bonds. The Morgan fingerprint density at radius 1 is 1.30 bits per heavy atom. The van der Waals surface area contributed by atoms with Crippen LogP contribution in [0.4, 0.5) is 4.39 Å². The summed E-state index contributed by atoms with van der Waals surface area (Å²) in [6.07, 6.45) is 0. The maximum absolute atomic E-state index is 13.7. The fourth-order valence-electron chi connectivity index (χ4n) is 2.22. The highest BCUT2D eigenvalue weighted by molar-refractivity contribution is 9.10. The van der Waals surface area contributed by atoms with Gasteiger partial charge in [-0.05, 0) is 25.1 Å². The number of hydrogen-bond donors (Lipinski definition) is 1. The summed E-state index contributed by atoms with van der Waals surface area (Å²) in [6.45, 7) is 1.70. The molecule has 1 aromatic rings. The number of nitrogens with one attached hydrogen (secondary N) is 1. The molecular weight excluding hydrogens is 391 g/mol. The minimum atomic E-state index is -3.09. The Kier molecular flexibility index (Phi) is 5.41. The second-order valence-corrected chi connectivity index (χ2v) is 8.52. The van der Waals surface area contributed by atoms with Crippen molar-refractivity contribution in [1.29, 1.82) is 0 Å². The number of amides is 2. The molecule has 0 radical (unpaired) electrons. The van der Waals surface area contributed by atoms with E-state index in [0.717, 1.165) is 6.07 Å². The number of carbonyl (C=O) groups is 2. The highest BCUT2D eigenvalue weighted by Crippen LogP contribution is 2.15. The van der Waals surface area contributed by atoms with E-state index in [0.29, 0.717) is 4.47 Å². The molecule has 1 aliphatic rings. The van der Waals surface area contributed by atoms with Crippen LogP contribution < -0.4 is 5.32 Å². The molecule has 1 atom stereocenters. The van der Waals surface area contributed by atoms with Crippen LogP contribution in [-0.4, -0.2) is 55.8 Å². The topological polar surface area (TPSA) is 83.6 Å². The standard InChI is InChI=1S/C14H16BrFN2O4S/c1-9(14(20)18-4-6-23(21,22)7-5-18)17-13(19)11-3-2-10(15)8-12(11)16/h2-3,8-9H,4-7H2,1H3,(H,17,19). The molecular formula is C14H16BrFN2O4S. The molecule has 9 heteroatoms. The molecule has 0 aromatic heterocycles. The lowest BCUT2D eigenvalue weighted by atomic mass is 10.2. The van der Waals surface area contributed by atoms with E-state index in [9.17, 15) is 22.4 Å². The molecule has 1 fully saturated rings. The van der Waals surface area contributed by atoms with Crippen LogP contribution in [0.2, 0.25) is 0 Å². The maximum Gasteiger partial charge on any atom is 0.254 e. The summed E-state index contributed by atoms with van der Waals surface area (Å²) in [4.78, 5) is 25.7. The summed E-state index contributed by atoms with van der Waals surface area (Å²) in [5.41, 5.74) is -0.158. The van der Waals surface area contributed by atoms with Crippen molar-refractivity contribution < 1.29 is 22.4 Å². The van der Waals surface area contributed by atoms with Gasteiger partial charge in [-0.25, -0.2) is 12.8 Å². The van der Waals surface area contributed by atoms with Gasteiger partial charge in [0.25, 0.3) is 5.91 Å². The Bertz CT molecular complexity index is 724. The van der Waals surface area contributed by atoms with Gasteiger partial charge in [-0.1, -0.05) is 15.9 Å². The Morgan fingerprint density at radius 2 is 1.91 bits per heavy atom. The van der Waals surface area contributed by atoms with E-state index in [1.165, 1.54) is 24.0 Å². The third kappa shape index (κ3) is 4.51. The highest BCUT2D eigenvalue weighted by atomic mass is 79.9. The summed E-state index contributed by atoms with van der Waals surface area (Å²) < 4.78 is 37.0. The van der Waals surface area contributed by atoms with Gasteiger partial charge in [0, 0.05) is 17.6 Å². The van der Waals surface area contributed by atoms with Crippen LogP contribution in [0.1, 0.15) is 17.3 Å². The van der Waals surface area contributed by atoms with Gasteiger partial charge in [-0.3, -0.25) is 9.59 Å². The summed E-state index contributed by atoms with van der Waals surface area (Å²) >= 11 is 3.10. The van der Waals surface area contributed by atoms with Crippen molar-refractivity contribution in [2.24, 2.45) is 0 Å². The first-order valence-corrected chi connectivity index (χ1v) is 9.56. The van der Waals surface area contributed by atoms with E-state index >= 15 is 0 Å². The molecule has 6 nitrogen and oxygen atoms in total. The van der Waals surface area contributed by atoms with Gasteiger partial charge in [0.1, 0.15) is 11.9 Å². The first kappa shape index (κ1) is 17.9. The van der Waals surface area contributed by atoms with Crippen molar-refractivity contribution in [1.82, 2.24) is 10.2 Å². The molecule has 23 heavy (non-hydrogen) atoms. The maximum atomic E-state index is 13.7. The van der Waals surface area contributed by atoms with Gasteiger partial charge >= 0.3 is 0 Å². The summed E-state index contributed by atoms with van der Waals surface area (Å²) in [5, 5.41) is 2.44. The molecule has 1 heterocycles. The molecule has 0 spiro atoms. The molecule has 2 rings (SSSR count). The highest BCUT2D eigenvalue weighted by Gasteiger charge is 2.28. The molecule has 126 valence electrons. The lowest BCUT2D eigenvalue weighted by Crippen LogP contribution is -2.51. The van der Waals surface area contributed by atoms with Crippen LogP contribution in [0.5, 0.6) is 0 Å². The van der Waals surface area contributed by atoms with Gasteiger partial charge in [0.2, 0.25) is 5.91 Å². The molecule has 1 aliphatic heterocycles. The molecule has 1 N–H and O–H groups in total. The number of rotatable bonds is 3. The Labute approximate surface area is 142 Å². The zero-order valence-corrected chi connectivity index (χ0v) is 14.8. The number of benzene rings is 1. The van der Waals surface area contributed by atoms with Crippen LogP contribution in [0.3, 0.4) is 0 Å². The fraction of sp³-hybridized carbons (Fsp3) is 0.429. The number of nitrogens with zero attached hydrogens (tertiary/aromatic N) is 1. The summed E-state index contributed by atoms with van der Waals surface area (Å²) in [6, 6.07) is 3.14. The zero-order chi connectivity index (χ0) is 17.2. The quantitative estimate of drug-likeness (QED) is 0.810. The van der Waals surface area contributed by atoms with Crippen LogP contribution in [0.15, 0.2) is 22.7 Å². The number of carbonyl (C=O) groups excluding carboxylic acids is 2. The number of halogens is 2. The minimum absolute atomic E-state index is 0.0826. The van der Waals surface area contributed by atoms with E-state index in [1.54, 1.807) is 0 Å². The fourth-order valence-corrected chi connectivity index (χ4v) is 3.75. The van der Waals surface area contributed by atoms with Gasteiger partial charge < -0.3 is 10.2 Å². The van der Waals surface area contributed by atoms with Crippen LogP contribution >= 0.6 is 15.9 Å². The Balaban J connectivity index is 1.99. The molecule has 0 saturated carbocycles. The molecule has 1 saturated heterocycles. The Morgan fingerprint density at radius 3 is 2.48 bits per heavy atom. The van der Waals surface area contributed by atoms with E-state index in [1.807, 2.05) is 0 Å². The smallest absolute Gasteiger partial charge is 0.254 e. The average molecular weight is 407 g/mol. The van der Waals surface area contributed by atoms with Crippen LogP contribution in [-0.2, 0) is 14.6 Å². The lowest BCUT2D eigenvalue weighted by molar-refractivity contribution is -0.132. The van der Waals surface area contributed by atoms with Gasteiger partial charge in [0.15, 0.2) is 9.84 Å². The SMILES string of the molecule is CC(NC(=O)c1ccc(Br)cc1F)C(=O)N1CCS(=O)(=O)CC1. The van der Waals surface area contributed by atoms with Crippen molar-refractivity contribution in [2.75, 3.05) is 24.6 Å². The third-order valence-corrected chi connectivity index (χ3v) is 5.65. The summed E-state index contributed by atoms with van der Waals surface area (Å²) in [7, 11) is -3.09. The second-order valence-electron chi connectivity index (χ2n) is 5.30. The molecule has 1 aromatic carbocycles. The minimum Gasteiger partial charge on any atom is -0.340 e. The normalized spacial score (nSPS) is 18.3. The number of hydrogen-bond acceptors (Lipinski definition) is 4. The predicted molar refractivity (Wildman–Crippen MR) is 86.3 cm³/mol. The average Bonchev–Trinajstić information content (AvgIpc) is 2.46. The lowest BCUT2D eigenvalue weighted by Gasteiger charge is -2.29. The predicted octanol–water partition coefficient (Wildman–Crippen LogP) is 0.964. The van der Waals surface area contributed by atoms with Crippen molar-refractivity contribution in [3.05, 3.63) is 34.1 Å². The Hall–Kier alpha value is -1.48. The van der Waals surface area contributed by atoms with Gasteiger partial charge in [-0.2, -0.15) is 0 Å². The zero-order valence-electron chi connectivity index (χ0n) is 12.4. The van der Waals surface area contributed by atoms with Crippen LogP contribution in [0.25, 0.3) is 0 Å². The first-order chi connectivity index (χ1) is 10.7. The van der Waals surface area contributed by atoms with Crippen molar-refractivity contribution >= 4 is 37.6 Å².